The van der Waals surface area contributed by atoms with Crippen molar-refractivity contribution in [1.82, 2.24) is 0 Å². The molecule has 0 aliphatic rings. The van der Waals surface area contributed by atoms with E-state index in [0.717, 1.165) is 14.2 Å². The molecule has 0 aliphatic carbocycles. The molecule has 0 aromatic rings. The molecule has 11 nitrogen and oxygen atoms in total. The molecule has 0 aromatic carbocycles. The van der Waals surface area contributed by atoms with Gasteiger partial charge in [0.25, 0.3) is 0 Å². The lowest BCUT2D eigenvalue weighted by Crippen LogP contribution is -2.22. The second-order valence-corrected chi connectivity index (χ2v) is 12.9. The van der Waals surface area contributed by atoms with Crippen LogP contribution in [-0.2, 0) is 72.3 Å². The van der Waals surface area contributed by atoms with Gasteiger partial charge in [-0.2, -0.15) is 0 Å². The maximum atomic E-state index is 11.1. The third-order valence-corrected chi connectivity index (χ3v) is 7.32. The first kappa shape index (κ1) is 30.7. The van der Waals surface area contributed by atoms with E-state index in [1.54, 1.807) is 7.11 Å². The van der Waals surface area contributed by atoms with Crippen LogP contribution < -0.4 is 9.79 Å². The van der Waals surface area contributed by atoms with Gasteiger partial charge in [-0.3, -0.25) is 4.57 Å². The molecule has 0 rings (SSSR count). The van der Waals surface area contributed by atoms with Crippen molar-refractivity contribution in [2.24, 2.45) is 0 Å². The number of methoxy groups -OCH3 is 1. The second kappa shape index (κ2) is 16.2. The maximum Gasteiger partial charge on any atom is 0.199 e. The van der Waals surface area contributed by atoms with Gasteiger partial charge in [-0.05, 0) is 6.42 Å². The predicted octanol–water partition coefficient (Wildman–Crippen LogP) is 0.184. The third kappa shape index (κ3) is 20.5. The van der Waals surface area contributed by atoms with Crippen molar-refractivity contribution in [2.75, 3.05) is 54.9 Å². The van der Waals surface area contributed by atoms with E-state index in [1.807, 2.05) is 0 Å². The van der Waals surface area contributed by atoms with Crippen LogP contribution in [0.2, 0.25) is 0 Å². The van der Waals surface area contributed by atoms with Crippen LogP contribution in [0, 0.1) is 0 Å². The number of aliphatic hydroxyl groups is 1. The summed E-state index contributed by atoms with van der Waals surface area (Å²) in [6, 6.07) is 0. The van der Waals surface area contributed by atoms with Gasteiger partial charge < -0.3 is 59.0 Å². The van der Waals surface area contributed by atoms with Crippen LogP contribution >= 0.6 is 20.2 Å². The first-order chi connectivity index (χ1) is 12.3. The molecule has 0 fully saturated rings. The summed E-state index contributed by atoms with van der Waals surface area (Å²) in [5.74, 6) is 0. The molecule has 1 N–H and O–H groups in total. The summed E-state index contributed by atoms with van der Waals surface area (Å²) in [5, 5.41) is 9.27. The molecule has 27 heavy (non-hydrogen) atoms. The Hall–Kier alpha value is 1.48. The fourth-order valence-corrected chi connectivity index (χ4v) is 2.91. The third-order valence-electron chi connectivity index (χ3n) is 2.26. The molecule has 0 bridgehead atoms. The van der Waals surface area contributed by atoms with Gasteiger partial charge in [0.1, 0.15) is 19.5 Å². The topological polar surface area (TPSA) is 148 Å². The monoisotopic (exact) mass is 509 g/mol. The van der Waals surface area contributed by atoms with E-state index < -0.39 is 26.3 Å². The van der Waals surface area contributed by atoms with Crippen LogP contribution in [0.1, 0.15) is 6.42 Å². The summed E-state index contributed by atoms with van der Waals surface area (Å²) in [4.78, 5) is 21.9. The van der Waals surface area contributed by atoms with Gasteiger partial charge in [-0.15, -0.1) is 0 Å². The Kier molecular flexibility index (Phi) is 18.4. The molecule has 0 saturated heterocycles. The predicted molar refractivity (Wildman–Crippen MR) is 105 cm³/mol. The highest BCUT2D eigenvalue weighted by Gasteiger charge is 2.12. The first-order valence-corrected chi connectivity index (χ1v) is 14.7. The normalized spacial score (nSPS) is 19.1. The summed E-state index contributed by atoms with van der Waals surface area (Å²) < 4.78 is 42.9. The van der Waals surface area contributed by atoms with Crippen molar-refractivity contribution >= 4 is 56.1 Å². The Morgan fingerprint density at radius 1 is 0.926 bits per heavy atom. The van der Waals surface area contributed by atoms with E-state index in [9.17, 15) is 19.5 Å². The highest BCUT2D eigenvalue weighted by molar-refractivity contribution is 8.32. The summed E-state index contributed by atoms with van der Waals surface area (Å²) in [6.45, 7) is -10.2. The molecule has 166 valence electrons. The Morgan fingerprint density at radius 2 is 1.41 bits per heavy atom. The van der Waals surface area contributed by atoms with Crippen molar-refractivity contribution in [3.05, 3.63) is 0 Å². The van der Waals surface area contributed by atoms with E-state index in [-0.39, 0.29) is 13.2 Å². The lowest BCUT2D eigenvalue weighted by Gasteiger charge is -2.27. The quantitative estimate of drug-likeness (QED) is 0.193. The molecule has 0 spiro atoms. The summed E-state index contributed by atoms with van der Waals surface area (Å²) in [6.07, 6.45) is -0.515. The van der Waals surface area contributed by atoms with Gasteiger partial charge in [0.2, 0.25) is 0 Å². The zero-order chi connectivity index (χ0) is 21.6. The lowest BCUT2D eigenvalue weighted by atomic mass is 10.4. The second-order valence-electron chi connectivity index (χ2n) is 4.31. The molecule has 0 heterocycles. The Morgan fingerprint density at radius 3 is 1.85 bits per heavy atom. The minimum absolute atomic E-state index is 0.308. The van der Waals surface area contributed by atoms with E-state index in [1.165, 1.54) is 7.11 Å². The van der Waals surface area contributed by atoms with Crippen molar-refractivity contribution in [3.63, 3.8) is 0 Å². The van der Waals surface area contributed by atoms with Crippen LogP contribution in [0.25, 0.3) is 0 Å². The molecule has 4 atom stereocenters. The minimum Gasteiger partial charge on any atom is -0.780 e. The van der Waals surface area contributed by atoms with Crippen molar-refractivity contribution in [1.29, 1.82) is 0 Å². The first-order valence-electron chi connectivity index (χ1n) is 7.05. The Bertz CT molecular complexity index is 496. The number of aliphatic hydroxyl groups excluding tert-OH is 1. The zero-order valence-electron chi connectivity index (χ0n) is 15.2. The van der Waals surface area contributed by atoms with Gasteiger partial charge in [0, 0.05) is 35.0 Å². The fraction of sp³-hybridized carbons (Fsp3) is 1.00. The summed E-state index contributed by atoms with van der Waals surface area (Å²) in [5.41, 5.74) is 0. The van der Waals surface area contributed by atoms with E-state index in [4.69, 9.17) is 9.26 Å². The van der Waals surface area contributed by atoms with Gasteiger partial charge in [0.05, 0.1) is 19.8 Å². The number of rotatable bonds is 14. The molecule has 4 unspecified atom stereocenters. The molecular weight excluding hydrogens is 485 g/mol. The molecule has 0 radical (unpaired) electrons. The van der Waals surface area contributed by atoms with Gasteiger partial charge in [-0.25, -0.2) is 0 Å². The largest absolute Gasteiger partial charge is 0.780 e. The van der Waals surface area contributed by atoms with Crippen molar-refractivity contribution in [2.45, 2.75) is 12.5 Å². The van der Waals surface area contributed by atoms with Crippen LogP contribution in [-0.4, -0.2) is 66.1 Å². The van der Waals surface area contributed by atoms with Crippen LogP contribution in [0.5, 0.6) is 0 Å². The zero-order valence-corrected chi connectivity index (χ0v) is 20.3. The van der Waals surface area contributed by atoms with Crippen LogP contribution in [0.3, 0.4) is 0 Å². The minimum atomic E-state index is -3.56. The van der Waals surface area contributed by atoms with Gasteiger partial charge in [-0.1, -0.05) is 23.6 Å². The smallest absolute Gasteiger partial charge is 0.199 e. The van der Waals surface area contributed by atoms with E-state index >= 15 is 0 Å². The highest BCUT2D eigenvalue weighted by Crippen LogP contribution is 2.44. The average molecular weight is 509 g/mol. The van der Waals surface area contributed by atoms with Crippen molar-refractivity contribution in [3.8, 4) is 0 Å². The molecule has 17 heteroatoms. The van der Waals surface area contributed by atoms with E-state index in [0.29, 0.717) is 19.6 Å². The Labute approximate surface area is 174 Å². The molecule has 0 amide bonds. The summed E-state index contributed by atoms with van der Waals surface area (Å²) >= 11 is 13.3. The molecule has 0 aliphatic heterocycles. The lowest BCUT2D eigenvalue weighted by molar-refractivity contribution is -0.206. The Balaban J connectivity index is 0. The van der Waals surface area contributed by atoms with Crippen LogP contribution in [0.15, 0.2) is 0 Å². The fourth-order valence-electron chi connectivity index (χ4n) is 0.940. The number of ether oxygens (including phenoxy) is 1. The highest BCUT2D eigenvalue weighted by atomic mass is 32.7. The number of hydrogen-bond acceptors (Lipinski definition) is 14. The molecule has 0 aromatic heterocycles. The average Bonchev–Trinajstić information content (AvgIpc) is 2.62. The van der Waals surface area contributed by atoms with E-state index in [2.05, 4.69) is 58.5 Å². The van der Waals surface area contributed by atoms with Crippen molar-refractivity contribution < 1.29 is 51.3 Å². The van der Waals surface area contributed by atoms with Crippen LogP contribution in [0.4, 0.5) is 0 Å². The molecular formula is C10H24O11P3S3-3. The summed E-state index contributed by atoms with van der Waals surface area (Å²) in [7, 11) is 5.10. The van der Waals surface area contributed by atoms with Gasteiger partial charge in [0.15, 0.2) is 6.80 Å². The van der Waals surface area contributed by atoms with Gasteiger partial charge >= 0.3 is 0 Å². The number of hydrogen-bond donors (Lipinski definition) is 1. The standard InChI is InChI=1S/C5H14O7P2S2.C5H13O4PS/c1-9-13(7,15)11-3-5(6)4-12-14(8,16)10-2;1-7-4-3-5-9-10(6,11)8-2/h5-6H,3-4H2,1-2H3,(H,7,15)(H,8,16);3-5H2,1-2H3,(H,6,11)/p-3. The molecule has 0 saturated carbocycles. The SMILES string of the molecule is COCCCOP([O-])(=S)OC.COP(=O)([S-])OCC(O)COP([O-])(=S)OC. The maximum absolute atomic E-state index is 11.1.